The number of nitrogens with zero attached hydrogens (tertiary/aromatic N) is 1. The number of allylic oxidation sites excluding steroid dienone is 2. The fourth-order valence-corrected chi connectivity index (χ4v) is 2.78. The van der Waals surface area contributed by atoms with E-state index in [1.165, 1.54) is 18.2 Å². The Morgan fingerprint density at radius 1 is 1.57 bits per heavy atom. The van der Waals surface area contributed by atoms with Crippen molar-refractivity contribution < 1.29 is 18.7 Å². The molecule has 1 atom stereocenters. The van der Waals surface area contributed by atoms with E-state index >= 15 is 0 Å². The van der Waals surface area contributed by atoms with Gasteiger partial charge in [-0.05, 0) is 47.5 Å². The van der Waals surface area contributed by atoms with Crippen LogP contribution in [0.3, 0.4) is 0 Å². The molecule has 1 aromatic carbocycles. The smallest absolute Gasteiger partial charge is 0.338 e. The van der Waals surface area contributed by atoms with Gasteiger partial charge >= 0.3 is 5.97 Å². The van der Waals surface area contributed by atoms with Gasteiger partial charge in [0, 0.05) is 0 Å². The van der Waals surface area contributed by atoms with Crippen molar-refractivity contribution in [2.24, 2.45) is 5.73 Å². The number of ether oxygens (including phenoxy) is 2. The zero-order valence-electron chi connectivity index (χ0n) is 12.5. The summed E-state index contributed by atoms with van der Waals surface area (Å²) in [6.07, 6.45) is 0. The summed E-state index contributed by atoms with van der Waals surface area (Å²) in [7, 11) is 0. The topological polar surface area (TPSA) is 85.3 Å². The zero-order valence-corrected chi connectivity index (χ0v) is 14.1. The molecule has 1 aliphatic rings. The molecule has 0 bridgehead atoms. The van der Waals surface area contributed by atoms with E-state index in [0.29, 0.717) is 5.56 Å². The average molecular weight is 381 g/mol. The summed E-state index contributed by atoms with van der Waals surface area (Å²) < 4.78 is 24.1. The van der Waals surface area contributed by atoms with E-state index in [4.69, 9.17) is 15.2 Å². The van der Waals surface area contributed by atoms with Gasteiger partial charge in [-0.3, -0.25) is 0 Å². The van der Waals surface area contributed by atoms with Crippen LogP contribution in [0.15, 0.2) is 45.5 Å². The van der Waals surface area contributed by atoms with Crippen LogP contribution in [0, 0.1) is 17.1 Å². The third-order valence-electron chi connectivity index (χ3n) is 3.38. The van der Waals surface area contributed by atoms with Gasteiger partial charge in [0.1, 0.15) is 23.2 Å². The van der Waals surface area contributed by atoms with Crippen LogP contribution in [0.4, 0.5) is 4.39 Å². The minimum Gasteiger partial charge on any atom is -0.463 e. The molecule has 0 spiro atoms. The summed E-state index contributed by atoms with van der Waals surface area (Å²) in [6, 6.07) is 6.21. The Morgan fingerprint density at radius 3 is 2.83 bits per heavy atom. The molecule has 0 radical (unpaired) electrons. The predicted octanol–water partition coefficient (Wildman–Crippen LogP) is 3.23. The van der Waals surface area contributed by atoms with Crippen LogP contribution >= 0.6 is 15.9 Å². The maximum Gasteiger partial charge on any atom is 0.338 e. The fourth-order valence-electron chi connectivity index (χ4n) is 2.38. The summed E-state index contributed by atoms with van der Waals surface area (Å²) in [6.45, 7) is 3.42. The van der Waals surface area contributed by atoms with Crippen molar-refractivity contribution in [2.45, 2.75) is 19.8 Å². The zero-order chi connectivity index (χ0) is 17.1. The second-order valence-electron chi connectivity index (χ2n) is 4.79. The Balaban J connectivity index is 2.64. The summed E-state index contributed by atoms with van der Waals surface area (Å²) in [5.41, 5.74) is 6.56. The first-order chi connectivity index (χ1) is 10.9. The molecule has 23 heavy (non-hydrogen) atoms. The Hall–Kier alpha value is -2.33. The number of esters is 1. The van der Waals surface area contributed by atoms with E-state index < -0.39 is 17.7 Å². The normalized spacial score (nSPS) is 17.6. The van der Waals surface area contributed by atoms with E-state index in [1.54, 1.807) is 13.8 Å². The minimum atomic E-state index is -0.773. The number of carbonyl (C=O) groups is 1. The Labute approximate surface area is 141 Å². The minimum absolute atomic E-state index is 0.0801. The second kappa shape index (κ2) is 6.84. The highest BCUT2D eigenvalue weighted by Crippen LogP contribution is 2.40. The molecular formula is C16H14BrFN2O3. The van der Waals surface area contributed by atoms with Crippen molar-refractivity contribution in [1.29, 1.82) is 5.26 Å². The molecule has 2 rings (SSSR count). The maximum absolute atomic E-state index is 13.5. The highest BCUT2D eigenvalue weighted by molar-refractivity contribution is 9.10. The third kappa shape index (κ3) is 3.22. The van der Waals surface area contributed by atoms with Crippen molar-refractivity contribution in [2.75, 3.05) is 6.61 Å². The van der Waals surface area contributed by atoms with Gasteiger partial charge in [-0.2, -0.15) is 5.26 Å². The average Bonchev–Trinajstić information content (AvgIpc) is 2.49. The van der Waals surface area contributed by atoms with Crippen LogP contribution in [0.5, 0.6) is 0 Å². The molecule has 1 aliphatic heterocycles. The highest BCUT2D eigenvalue weighted by Gasteiger charge is 2.36. The van der Waals surface area contributed by atoms with E-state index in [9.17, 15) is 14.4 Å². The molecule has 0 amide bonds. The lowest BCUT2D eigenvalue weighted by Crippen LogP contribution is -2.25. The molecule has 7 heteroatoms. The fraction of sp³-hybridized carbons (Fsp3) is 0.250. The maximum atomic E-state index is 13.5. The molecule has 0 aliphatic carbocycles. The largest absolute Gasteiger partial charge is 0.463 e. The first-order valence-electron chi connectivity index (χ1n) is 6.81. The van der Waals surface area contributed by atoms with Crippen LogP contribution in [-0.4, -0.2) is 12.6 Å². The molecule has 0 saturated heterocycles. The van der Waals surface area contributed by atoms with Gasteiger partial charge < -0.3 is 15.2 Å². The number of halogens is 2. The number of rotatable bonds is 3. The van der Waals surface area contributed by atoms with Crippen LogP contribution in [0.25, 0.3) is 0 Å². The summed E-state index contributed by atoms with van der Waals surface area (Å²) in [4.78, 5) is 12.3. The second-order valence-corrected chi connectivity index (χ2v) is 5.64. The van der Waals surface area contributed by atoms with Crippen molar-refractivity contribution in [3.63, 3.8) is 0 Å². The molecule has 2 N–H and O–H groups in total. The molecule has 0 fully saturated rings. The van der Waals surface area contributed by atoms with Crippen LogP contribution < -0.4 is 5.73 Å². The van der Waals surface area contributed by atoms with E-state index in [0.717, 1.165) is 0 Å². The van der Waals surface area contributed by atoms with Gasteiger partial charge in [-0.25, -0.2) is 9.18 Å². The van der Waals surface area contributed by atoms with Gasteiger partial charge in [0.25, 0.3) is 0 Å². The van der Waals surface area contributed by atoms with Crippen LogP contribution in [-0.2, 0) is 14.3 Å². The molecule has 120 valence electrons. The van der Waals surface area contributed by atoms with Gasteiger partial charge in [0.15, 0.2) is 0 Å². The van der Waals surface area contributed by atoms with Gasteiger partial charge in [0.2, 0.25) is 5.88 Å². The molecular weight excluding hydrogens is 367 g/mol. The van der Waals surface area contributed by atoms with E-state index in [1.807, 2.05) is 6.07 Å². The Bertz CT molecular complexity index is 765. The number of nitriles is 1. The first-order valence-corrected chi connectivity index (χ1v) is 7.60. The molecule has 1 heterocycles. The summed E-state index contributed by atoms with van der Waals surface area (Å²) in [5.74, 6) is -1.65. The summed E-state index contributed by atoms with van der Waals surface area (Å²) >= 11 is 3.10. The number of benzene rings is 1. The number of hydrogen-bond donors (Lipinski definition) is 1. The lowest BCUT2D eigenvalue weighted by Gasteiger charge is -2.27. The number of nitrogens with two attached hydrogens (primary N) is 1. The predicted molar refractivity (Wildman–Crippen MR) is 84.1 cm³/mol. The SMILES string of the molecule is CCOC(=O)C1=C(C)OC(N)=C(C#N)[C@H]1c1ccc(F)c(Br)c1. The number of carbonyl (C=O) groups excluding carboxylic acids is 1. The molecule has 0 saturated carbocycles. The highest BCUT2D eigenvalue weighted by atomic mass is 79.9. The van der Waals surface area contributed by atoms with Crippen LogP contribution in [0.1, 0.15) is 25.3 Å². The molecule has 0 aromatic heterocycles. The third-order valence-corrected chi connectivity index (χ3v) is 3.99. The van der Waals surface area contributed by atoms with Gasteiger partial charge in [-0.1, -0.05) is 6.07 Å². The van der Waals surface area contributed by atoms with Crippen molar-refractivity contribution in [3.05, 3.63) is 56.8 Å². The molecule has 0 unspecified atom stereocenters. The van der Waals surface area contributed by atoms with Crippen LogP contribution in [0.2, 0.25) is 0 Å². The van der Waals surface area contributed by atoms with E-state index in [2.05, 4.69) is 15.9 Å². The summed E-state index contributed by atoms with van der Waals surface area (Å²) in [5, 5.41) is 9.40. The van der Waals surface area contributed by atoms with E-state index in [-0.39, 0.29) is 33.9 Å². The van der Waals surface area contributed by atoms with Crippen molar-refractivity contribution >= 4 is 21.9 Å². The van der Waals surface area contributed by atoms with Gasteiger partial charge in [-0.15, -0.1) is 0 Å². The molecule has 5 nitrogen and oxygen atoms in total. The van der Waals surface area contributed by atoms with Gasteiger partial charge in [0.05, 0.1) is 22.6 Å². The first kappa shape index (κ1) is 17.0. The molecule has 1 aromatic rings. The van der Waals surface area contributed by atoms with Crippen molar-refractivity contribution in [3.8, 4) is 6.07 Å². The lowest BCUT2D eigenvalue weighted by molar-refractivity contribution is -0.139. The van der Waals surface area contributed by atoms with Crippen molar-refractivity contribution in [1.82, 2.24) is 0 Å². The Morgan fingerprint density at radius 2 is 2.26 bits per heavy atom. The quantitative estimate of drug-likeness (QED) is 0.813. The lowest BCUT2D eigenvalue weighted by atomic mass is 9.83. The number of hydrogen-bond acceptors (Lipinski definition) is 5. The standard InChI is InChI=1S/C16H14BrFN2O3/c1-3-22-16(21)13-8(2)23-15(20)10(7-19)14(13)9-4-5-12(18)11(17)6-9/h4-6,14H,3,20H2,1-2H3/t14-/m1/s1. The monoisotopic (exact) mass is 380 g/mol. The Kier molecular flexibility index (Phi) is 5.06.